The Kier molecular flexibility index (Phi) is 4.24. The van der Waals surface area contributed by atoms with Crippen molar-refractivity contribution in [2.75, 3.05) is 18.9 Å². The van der Waals surface area contributed by atoms with Crippen LogP contribution in [-0.2, 0) is 0 Å². The number of anilines is 1. The fraction of sp³-hybridized carbons (Fsp3) is 0.667. The van der Waals surface area contributed by atoms with Crippen molar-refractivity contribution in [3.63, 3.8) is 0 Å². The number of carbonyl (C=O) groups is 1. The van der Waals surface area contributed by atoms with E-state index in [4.69, 9.17) is 10.8 Å². The molecule has 0 fully saturated rings. The highest BCUT2D eigenvalue weighted by atomic mass is 16.3. The Bertz CT molecular complexity index is 349. The van der Waals surface area contributed by atoms with Gasteiger partial charge in [0, 0.05) is 19.2 Å². The van der Waals surface area contributed by atoms with Crippen LogP contribution in [0.1, 0.15) is 30.9 Å². The Morgan fingerprint density at radius 2 is 2.31 bits per heavy atom. The number of H-pyrrole nitrogens is 1. The summed E-state index contributed by atoms with van der Waals surface area (Å²) >= 11 is 0. The molecule has 1 heterocycles. The third kappa shape index (κ3) is 2.93. The minimum atomic E-state index is -0.257. The van der Waals surface area contributed by atoms with Gasteiger partial charge in [0.2, 0.25) is 11.8 Å². The summed E-state index contributed by atoms with van der Waals surface area (Å²) in [6, 6.07) is 0.0328. The van der Waals surface area contributed by atoms with Gasteiger partial charge in [-0.1, -0.05) is 0 Å². The molecule has 1 aromatic heterocycles. The van der Waals surface area contributed by atoms with Gasteiger partial charge in [-0.15, -0.1) is 5.10 Å². The number of aliphatic hydroxyl groups is 1. The van der Waals surface area contributed by atoms with Gasteiger partial charge >= 0.3 is 0 Å². The lowest BCUT2D eigenvalue weighted by Gasteiger charge is -2.25. The van der Waals surface area contributed by atoms with Gasteiger partial charge in [0.25, 0.3) is 5.91 Å². The first-order valence-electron chi connectivity index (χ1n) is 5.16. The zero-order valence-corrected chi connectivity index (χ0v) is 9.47. The fourth-order valence-corrected chi connectivity index (χ4v) is 1.34. The summed E-state index contributed by atoms with van der Waals surface area (Å²) in [4.78, 5) is 17.3. The zero-order chi connectivity index (χ0) is 12.1. The maximum atomic E-state index is 12.0. The van der Waals surface area contributed by atoms with Crippen LogP contribution >= 0.6 is 0 Å². The van der Waals surface area contributed by atoms with Gasteiger partial charge in [0.15, 0.2) is 0 Å². The molecule has 0 aliphatic rings. The van der Waals surface area contributed by atoms with Gasteiger partial charge in [-0.25, -0.2) is 0 Å². The summed E-state index contributed by atoms with van der Waals surface area (Å²) in [6.07, 6.45) is 0.535. The second-order valence-electron chi connectivity index (χ2n) is 3.71. The first kappa shape index (κ1) is 12.4. The van der Waals surface area contributed by atoms with Crippen molar-refractivity contribution in [2.24, 2.45) is 0 Å². The number of aliphatic hydroxyl groups excluding tert-OH is 1. The second-order valence-corrected chi connectivity index (χ2v) is 3.71. The molecule has 0 aliphatic carbocycles. The number of aromatic amines is 1. The molecule has 0 unspecified atom stereocenters. The molecule has 0 saturated heterocycles. The summed E-state index contributed by atoms with van der Waals surface area (Å²) in [5.74, 6) is -0.0778. The largest absolute Gasteiger partial charge is 0.396 e. The lowest BCUT2D eigenvalue weighted by Crippen LogP contribution is -2.38. The van der Waals surface area contributed by atoms with Crippen LogP contribution in [0.5, 0.6) is 0 Å². The molecule has 16 heavy (non-hydrogen) atoms. The molecule has 7 heteroatoms. The molecule has 1 amide bonds. The van der Waals surface area contributed by atoms with E-state index in [2.05, 4.69) is 15.2 Å². The van der Waals surface area contributed by atoms with Crippen molar-refractivity contribution >= 4 is 11.9 Å². The van der Waals surface area contributed by atoms with E-state index < -0.39 is 0 Å². The van der Waals surface area contributed by atoms with Gasteiger partial charge in [-0.2, -0.15) is 4.98 Å². The number of nitrogens with two attached hydrogens (primary N) is 1. The summed E-state index contributed by atoms with van der Waals surface area (Å²) in [5.41, 5.74) is 5.33. The van der Waals surface area contributed by atoms with Gasteiger partial charge in [0.1, 0.15) is 0 Å². The molecule has 90 valence electrons. The zero-order valence-electron chi connectivity index (χ0n) is 9.47. The van der Waals surface area contributed by atoms with Crippen molar-refractivity contribution < 1.29 is 9.90 Å². The Labute approximate surface area is 93.7 Å². The number of nitrogens with one attached hydrogen (secondary N) is 1. The van der Waals surface area contributed by atoms with Crippen LogP contribution in [0.25, 0.3) is 0 Å². The molecule has 7 nitrogen and oxygen atoms in total. The van der Waals surface area contributed by atoms with Crippen LogP contribution in [0.15, 0.2) is 0 Å². The molecule has 4 N–H and O–H groups in total. The maximum Gasteiger partial charge on any atom is 0.291 e. The number of nitrogen functional groups attached to an aromatic ring is 1. The summed E-state index contributed by atoms with van der Waals surface area (Å²) in [5, 5.41) is 14.8. The van der Waals surface area contributed by atoms with Crippen LogP contribution in [0, 0.1) is 0 Å². The van der Waals surface area contributed by atoms with Crippen molar-refractivity contribution in [1.29, 1.82) is 0 Å². The van der Waals surface area contributed by atoms with Crippen LogP contribution in [0.2, 0.25) is 0 Å². The average molecular weight is 227 g/mol. The normalized spacial score (nSPS) is 10.8. The molecule has 1 rings (SSSR count). The standard InChI is InChI=1S/C9H17N5O2/c1-6(2)14(4-3-5-15)8(16)7-11-9(10)13-12-7/h6,15H,3-5H2,1-2H3,(H3,10,11,12,13). The van der Waals surface area contributed by atoms with Gasteiger partial charge < -0.3 is 15.7 Å². The average Bonchev–Trinajstić information content (AvgIpc) is 2.64. The highest BCUT2D eigenvalue weighted by molar-refractivity contribution is 5.90. The van der Waals surface area contributed by atoms with Crippen LogP contribution in [0.4, 0.5) is 5.95 Å². The van der Waals surface area contributed by atoms with Gasteiger partial charge in [0.05, 0.1) is 0 Å². The molecule has 0 aromatic carbocycles. The summed E-state index contributed by atoms with van der Waals surface area (Å²) in [7, 11) is 0. The van der Waals surface area contributed by atoms with Crippen molar-refractivity contribution in [3.8, 4) is 0 Å². The van der Waals surface area contributed by atoms with E-state index in [0.717, 1.165) is 0 Å². The Morgan fingerprint density at radius 3 is 2.75 bits per heavy atom. The Hall–Kier alpha value is -1.63. The monoisotopic (exact) mass is 227 g/mol. The van der Waals surface area contributed by atoms with Crippen molar-refractivity contribution in [3.05, 3.63) is 5.82 Å². The number of hydrogen-bond acceptors (Lipinski definition) is 5. The molecule has 0 aliphatic heterocycles. The van der Waals surface area contributed by atoms with E-state index in [1.807, 2.05) is 13.8 Å². The Balaban J connectivity index is 2.74. The Morgan fingerprint density at radius 1 is 1.62 bits per heavy atom. The molecule has 0 atom stereocenters. The minimum absolute atomic E-state index is 0.0328. The lowest BCUT2D eigenvalue weighted by atomic mass is 10.2. The SMILES string of the molecule is CC(C)N(CCCO)C(=O)c1nc(N)n[nH]1. The van der Waals surface area contributed by atoms with E-state index in [0.29, 0.717) is 13.0 Å². The first-order chi connectivity index (χ1) is 7.56. The topological polar surface area (TPSA) is 108 Å². The van der Waals surface area contributed by atoms with E-state index in [1.165, 1.54) is 0 Å². The van der Waals surface area contributed by atoms with Crippen LogP contribution in [0.3, 0.4) is 0 Å². The third-order valence-electron chi connectivity index (χ3n) is 2.15. The van der Waals surface area contributed by atoms with E-state index in [-0.39, 0.29) is 30.3 Å². The summed E-state index contributed by atoms with van der Waals surface area (Å²) < 4.78 is 0. The lowest BCUT2D eigenvalue weighted by molar-refractivity contribution is 0.0681. The number of aromatic nitrogens is 3. The predicted molar refractivity (Wildman–Crippen MR) is 58.7 cm³/mol. The molecule has 1 aromatic rings. The number of amides is 1. The molecule has 0 radical (unpaired) electrons. The quantitative estimate of drug-likeness (QED) is 0.635. The molecule has 0 bridgehead atoms. The highest BCUT2D eigenvalue weighted by Crippen LogP contribution is 2.06. The summed E-state index contributed by atoms with van der Waals surface area (Å²) in [6.45, 7) is 4.33. The maximum absolute atomic E-state index is 12.0. The van der Waals surface area contributed by atoms with Crippen LogP contribution in [-0.4, -0.2) is 50.3 Å². The van der Waals surface area contributed by atoms with Crippen molar-refractivity contribution in [1.82, 2.24) is 20.1 Å². The van der Waals surface area contributed by atoms with Gasteiger partial charge in [-0.05, 0) is 20.3 Å². The van der Waals surface area contributed by atoms with E-state index in [9.17, 15) is 4.79 Å². The molecular formula is C9H17N5O2. The second kappa shape index (κ2) is 5.45. The fourth-order valence-electron chi connectivity index (χ4n) is 1.34. The highest BCUT2D eigenvalue weighted by Gasteiger charge is 2.21. The van der Waals surface area contributed by atoms with E-state index in [1.54, 1.807) is 4.90 Å². The molecule has 0 spiro atoms. The predicted octanol–water partition coefficient (Wildman–Crippen LogP) is -0.380. The minimum Gasteiger partial charge on any atom is -0.396 e. The van der Waals surface area contributed by atoms with Crippen LogP contribution < -0.4 is 5.73 Å². The number of rotatable bonds is 5. The van der Waals surface area contributed by atoms with Gasteiger partial charge in [-0.3, -0.25) is 9.89 Å². The molecular weight excluding hydrogens is 210 g/mol. The third-order valence-corrected chi connectivity index (χ3v) is 2.15. The number of carbonyl (C=O) groups excluding carboxylic acids is 1. The van der Waals surface area contributed by atoms with Crippen molar-refractivity contribution in [2.45, 2.75) is 26.3 Å². The number of hydrogen-bond donors (Lipinski definition) is 3. The number of nitrogens with zero attached hydrogens (tertiary/aromatic N) is 3. The smallest absolute Gasteiger partial charge is 0.291 e. The molecule has 0 saturated carbocycles. The first-order valence-corrected chi connectivity index (χ1v) is 5.16. The van der Waals surface area contributed by atoms with E-state index >= 15 is 0 Å².